The number of carbonyl (C=O) groups is 4. The summed E-state index contributed by atoms with van der Waals surface area (Å²) in [5.41, 5.74) is -4.52. The van der Waals surface area contributed by atoms with Gasteiger partial charge in [0.25, 0.3) is 0 Å². The fourth-order valence-corrected chi connectivity index (χ4v) is 15.7. The third-order valence-electron chi connectivity index (χ3n) is 20.1. The summed E-state index contributed by atoms with van der Waals surface area (Å²) in [7, 11) is 2.02. The smallest absolute Gasteiger partial charge is 0.341 e. The number of carboxylic acids is 1. The summed E-state index contributed by atoms with van der Waals surface area (Å²) in [5, 5.41) is 52.5. The first-order valence-corrected chi connectivity index (χ1v) is 31.1. The average Bonchev–Trinajstić information content (AvgIpc) is 1.35. The molecule has 25 heteroatoms. The van der Waals surface area contributed by atoms with Crippen LogP contribution >= 0.6 is 23.2 Å². The molecule has 0 spiro atoms. The first-order chi connectivity index (χ1) is 42.8. The second kappa shape index (κ2) is 25.0. The number of aromatic nitrogens is 3. The van der Waals surface area contributed by atoms with Crippen LogP contribution in [0, 0.1) is 28.5 Å². The van der Waals surface area contributed by atoms with Crippen LogP contribution in [0.2, 0.25) is 10.0 Å². The van der Waals surface area contributed by atoms with Crippen molar-refractivity contribution in [1.82, 2.24) is 23.9 Å². The van der Waals surface area contributed by atoms with E-state index < -0.39 is 81.5 Å². The second-order valence-electron chi connectivity index (χ2n) is 25.3. The fraction of sp³-hybridized carbons (Fsp3) is 0.508. The Kier molecular flexibility index (Phi) is 18.0. The lowest BCUT2D eigenvalue weighted by Crippen LogP contribution is -2.69. The van der Waals surface area contributed by atoms with Crippen LogP contribution in [0.1, 0.15) is 75.3 Å². The molecule has 5 N–H and O–H groups in total. The highest BCUT2D eigenvalue weighted by molar-refractivity contribution is 6.35. The van der Waals surface area contributed by atoms with E-state index in [-0.39, 0.29) is 54.2 Å². The van der Waals surface area contributed by atoms with Gasteiger partial charge in [0.2, 0.25) is 17.1 Å². The van der Waals surface area contributed by atoms with Gasteiger partial charge in [-0.15, -0.1) is 0 Å². The van der Waals surface area contributed by atoms with E-state index in [1.165, 1.54) is 24.4 Å². The number of anilines is 2. The van der Waals surface area contributed by atoms with Crippen molar-refractivity contribution in [3.05, 3.63) is 134 Å². The number of alkyl halides is 1. The van der Waals surface area contributed by atoms with E-state index in [9.17, 15) is 53.9 Å². The number of allylic oxidation sites excluding steroid dienone is 4. The van der Waals surface area contributed by atoms with E-state index in [0.29, 0.717) is 83.8 Å². The highest BCUT2D eigenvalue weighted by atomic mass is 35.5. The summed E-state index contributed by atoms with van der Waals surface area (Å²) >= 11 is 12.7. The first-order valence-electron chi connectivity index (χ1n) is 30.3. The topological polar surface area (TPSA) is 259 Å². The number of halogens is 4. The summed E-state index contributed by atoms with van der Waals surface area (Å²) in [6.07, 6.45) is 8.25. The molecular weight excluding hydrogens is 1210 g/mol. The molecule has 0 bridgehead atoms. The number of piperazine rings is 2. The number of Topliss-reactive ketones (excluding diaryl/α,β-unsaturated/α-hetero) is 1. The van der Waals surface area contributed by atoms with Gasteiger partial charge in [0.1, 0.15) is 42.9 Å². The number of imidazole rings is 1. The monoisotopic (exact) mass is 1290 g/mol. The molecule has 3 aromatic carbocycles. The van der Waals surface area contributed by atoms with Gasteiger partial charge in [-0.05, 0) is 107 Å². The summed E-state index contributed by atoms with van der Waals surface area (Å²) in [6, 6.07) is 14.3. The number of fused-ring (bicyclic) bond motifs is 5. The maximum Gasteiger partial charge on any atom is 0.341 e. The molecule has 0 radical (unpaired) electrons. The van der Waals surface area contributed by atoms with Crippen molar-refractivity contribution >= 4 is 68.9 Å². The lowest BCUT2D eigenvalue weighted by atomic mass is 9.44. The first kappa shape index (κ1) is 64.7. The Morgan fingerprint density at radius 1 is 0.922 bits per heavy atom. The van der Waals surface area contributed by atoms with Crippen LogP contribution in [0.25, 0.3) is 10.9 Å². The molecule has 3 saturated heterocycles. The Hall–Kier alpha value is -6.80. The van der Waals surface area contributed by atoms with E-state index in [1.54, 1.807) is 50.0 Å². The molecular formula is C65H75Cl2F2N7O14. The minimum absolute atomic E-state index is 0.0135. The molecule has 6 heterocycles. The van der Waals surface area contributed by atoms with Crippen molar-refractivity contribution in [2.45, 2.75) is 101 Å². The molecule has 4 aliphatic carbocycles. The molecule has 11 atom stereocenters. The Labute approximate surface area is 528 Å². The third-order valence-corrected chi connectivity index (χ3v) is 20.7. The predicted molar refractivity (Wildman–Crippen MR) is 329 cm³/mol. The van der Waals surface area contributed by atoms with E-state index >= 15 is 4.39 Å². The number of rotatable bonds is 11. The number of nitrogens with zero attached hydrogens (tertiary/aromatic N) is 7. The number of aromatic carboxylic acids is 1. The van der Waals surface area contributed by atoms with E-state index in [4.69, 9.17) is 42.1 Å². The van der Waals surface area contributed by atoms with Crippen LogP contribution in [-0.2, 0) is 36.2 Å². The number of ketones is 2. The van der Waals surface area contributed by atoms with Gasteiger partial charge in [0, 0.05) is 111 Å². The van der Waals surface area contributed by atoms with Crippen LogP contribution < -0.4 is 24.7 Å². The Bertz CT molecular complexity index is 3710. The molecule has 21 nitrogen and oxygen atoms in total. The van der Waals surface area contributed by atoms with Crippen LogP contribution in [0.4, 0.5) is 20.2 Å². The molecule has 1 unspecified atom stereocenters. The number of carboxylic acid groups (broad SMARTS) is 1. The number of hydrogen-bond donors (Lipinski definition) is 5. The standard InChI is InChI=1S/C26H28Cl2N4O4.C21H27FO6.C18H20FN3O4/c1-19(33)31-10-12-32(13-11-31)21-3-5-22(6-4-21)34-15-23-16-35-26(36-23,17-30-9-8-29-18-30)24-7-2-20(27)14-25(24)28;1-18-6-5-12(24)7-11(18)3-4-13-14-8-15(25)21(28,17(27)10-23)19(14,2)9-16(26)20(13,18)22;1-10-9-26-17-14-11(16(23)12(18(24)25)8-22(10)14)7-13(19)15(17)21-5-3-20(2)4-6-21/h2-9,14,18,23H,10-13,15-17H2,1H3;5-7,13-16,23,25-26,28H,3-4,8-10H2,1-2H3;7-8,10H,3-6,9H2,1-2H3,(H,24,25)/t23-,26-;13-,14-,15+,16-,18-,19-,20-,21-;/m00./s1. The maximum absolute atomic E-state index is 16.8. The molecule has 5 aromatic rings. The van der Waals surface area contributed by atoms with Crippen LogP contribution in [0.3, 0.4) is 0 Å². The fourth-order valence-electron chi connectivity index (χ4n) is 15.1. The molecule has 13 rings (SSSR count). The number of pyridine rings is 1. The molecule has 1 amide bonds. The van der Waals surface area contributed by atoms with Crippen molar-refractivity contribution in [1.29, 1.82) is 0 Å². The summed E-state index contributed by atoms with van der Waals surface area (Å²) in [6.45, 7) is 13.2. The number of amides is 1. The van der Waals surface area contributed by atoms with Crippen LogP contribution in [0.5, 0.6) is 11.5 Å². The lowest BCUT2D eigenvalue weighted by molar-refractivity contribution is -0.222. The quantitative estimate of drug-likeness (QED) is 0.0962. The molecule has 2 aromatic heterocycles. The van der Waals surface area contributed by atoms with Crippen LogP contribution in [-0.4, -0.2) is 188 Å². The summed E-state index contributed by atoms with van der Waals surface area (Å²) < 4.78 is 59.9. The van der Waals surface area contributed by atoms with Gasteiger partial charge in [0.15, 0.2) is 34.4 Å². The van der Waals surface area contributed by atoms with Crippen molar-refractivity contribution in [2.75, 3.05) is 95.6 Å². The van der Waals surface area contributed by atoms with E-state index in [1.807, 2.05) is 64.9 Å². The maximum atomic E-state index is 16.8. The largest absolute Gasteiger partial charge is 0.491 e. The molecule has 6 fully saturated rings. The number of likely N-dealkylation sites (N-methyl/N-ethyl adjacent to an activating group) is 1. The molecule has 4 aliphatic heterocycles. The highest BCUT2D eigenvalue weighted by Gasteiger charge is 2.76. The number of ether oxygens (including phenoxy) is 4. The SMILES string of the molecule is CC(=O)N1CCN(c2ccc(OC[C@H]3CO[C@](Cn4ccnc4)(c4ccc(Cl)cc4Cl)O3)cc2)CC1.CC1COc2c(N3CCN(C)CC3)c(F)cc3c(=O)c(C(=O)O)cn1c23.C[C@]12C=CC(=O)C=C1CC[C@H]1[C@@H]3C[C@@H](O)[C@](O)(C(=O)CO)[C@@]3(C)C[C@H](O)[C@@]12F. The Morgan fingerprint density at radius 3 is 2.29 bits per heavy atom. The molecule has 90 heavy (non-hydrogen) atoms. The Morgan fingerprint density at radius 2 is 1.63 bits per heavy atom. The third kappa shape index (κ3) is 11.3. The number of aliphatic hydroxyl groups excluding tert-OH is 3. The van der Waals surface area contributed by atoms with Gasteiger partial charge in [-0.3, -0.25) is 19.2 Å². The number of aliphatic hydroxyl groups is 4. The normalized spacial score (nSPS) is 31.1. The van der Waals surface area contributed by atoms with Gasteiger partial charge in [0.05, 0.1) is 53.7 Å². The van der Waals surface area contributed by atoms with Gasteiger partial charge in [-0.2, -0.15) is 0 Å². The zero-order valence-corrected chi connectivity index (χ0v) is 52.2. The zero-order valence-electron chi connectivity index (χ0n) is 50.7. The minimum Gasteiger partial charge on any atom is -0.491 e. The number of benzene rings is 3. The van der Waals surface area contributed by atoms with Gasteiger partial charge < -0.3 is 73.2 Å². The number of carbonyl (C=O) groups excluding carboxylic acids is 3. The lowest BCUT2D eigenvalue weighted by Gasteiger charge is -2.62. The van der Waals surface area contributed by atoms with Crippen molar-refractivity contribution in [2.24, 2.45) is 22.7 Å². The second-order valence-corrected chi connectivity index (χ2v) is 26.1. The van der Waals surface area contributed by atoms with Gasteiger partial charge in [-0.25, -0.2) is 18.6 Å². The van der Waals surface area contributed by atoms with Gasteiger partial charge in [-0.1, -0.05) is 47.8 Å². The van der Waals surface area contributed by atoms with Crippen molar-refractivity contribution < 1.29 is 72.4 Å². The zero-order chi connectivity index (χ0) is 64.4. The van der Waals surface area contributed by atoms with E-state index in [2.05, 4.69) is 14.8 Å². The Balaban J connectivity index is 0.000000141. The molecule has 482 valence electrons. The number of hydrogen-bond acceptors (Lipinski definition) is 17. The minimum atomic E-state index is -2.23. The van der Waals surface area contributed by atoms with E-state index in [0.717, 1.165) is 56.8 Å². The van der Waals surface area contributed by atoms with Crippen LogP contribution in [0.15, 0.2) is 102 Å². The summed E-state index contributed by atoms with van der Waals surface area (Å²) in [5.74, 6) is -4.12. The molecule has 3 saturated carbocycles. The average molecular weight is 1290 g/mol. The van der Waals surface area contributed by atoms with Crippen molar-refractivity contribution in [3.63, 3.8) is 0 Å². The predicted octanol–water partition coefficient (Wildman–Crippen LogP) is 6.37. The summed E-state index contributed by atoms with van der Waals surface area (Å²) in [4.78, 5) is 72.1. The molecule has 8 aliphatic rings. The van der Waals surface area contributed by atoms with Gasteiger partial charge >= 0.3 is 5.97 Å². The van der Waals surface area contributed by atoms with Crippen molar-refractivity contribution in [3.8, 4) is 11.5 Å². The highest BCUT2D eigenvalue weighted by Crippen LogP contribution is 2.70.